The summed E-state index contributed by atoms with van der Waals surface area (Å²) >= 11 is 0. The van der Waals surface area contributed by atoms with Gasteiger partial charge in [0, 0.05) is 50.4 Å². The van der Waals surface area contributed by atoms with Crippen molar-refractivity contribution in [1.82, 2.24) is 4.90 Å². The molecule has 3 saturated heterocycles. The minimum atomic E-state index is -0.454. The third-order valence-corrected chi connectivity index (χ3v) is 5.53. The van der Waals surface area contributed by atoms with Crippen molar-refractivity contribution in [2.24, 2.45) is 0 Å². The van der Waals surface area contributed by atoms with E-state index < -0.39 is 5.79 Å². The van der Waals surface area contributed by atoms with Crippen LogP contribution in [0.2, 0.25) is 0 Å². The second-order valence-electron chi connectivity index (χ2n) is 7.73. The molecular weight excluding hydrogens is 346 g/mol. The molecule has 7 nitrogen and oxygen atoms in total. The maximum absolute atomic E-state index is 12.5. The summed E-state index contributed by atoms with van der Waals surface area (Å²) in [5.74, 6) is -0.454. The number of hydrogen-bond donors (Lipinski definition) is 1. The zero-order valence-corrected chi connectivity index (χ0v) is 16.1. The van der Waals surface area contributed by atoms with Crippen LogP contribution in [0.1, 0.15) is 26.7 Å². The number of benzene rings is 1. The molecule has 27 heavy (non-hydrogen) atoms. The number of ether oxygens (including phenoxy) is 3. The fourth-order valence-corrected chi connectivity index (χ4v) is 4.18. The summed E-state index contributed by atoms with van der Waals surface area (Å²) in [7, 11) is 0. The monoisotopic (exact) mass is 375 g/mol. The van der Waals surface area contributed by atoms with Gasteiger partial charge >= 0.3 is 6.03 Å². The van der Waals surface area contributed by atoms with Gasteiger partial charge in [0.15, 0.2) is 5.79 Å². The smallest absolute Gasteiger partial charge is 0.321 e. The fraction of sp³-hybridized carbons (Fsp3) is 0.650. The number of piperidine rings is 1. The Morgan fingerprint density at radius 3 is 2.22 bits per heavy atom. The van der Waals surface area contributed by atoms with Gasteiger partial charge in [-0.15, -0.1) is 0 Å². The minimum absolute atomic E-state index is 0.0655. The van der Waals surface area contributed by atoms with E-state index >= 15 is 0 Å². The molecule has 2 amide bonds. The lowest BCUT2D eigenvalue weighted by atomic mass is 10.0. The Balaban J connectivity index is 1.31. The zero-order valence-electron chi connectivity index (χ0n) is 16.1. The van der Waals surface area contributed by atoms with E-state index in [9.17, 15) is 4.79 Å². The lowest BCUT2D eigenvalue weighted by molar-refractivity contribution is -0.181. The van der Waals surface area contributed by atoms with Crippen LogP contribution in [0.4, 0.5) is 16.2 Å². The van der Waals surface area contributed by atoms with Crippen LogP contribution in [0, 0.1) is 0 Å². The lowest BCUT2D eigenvalue weighted by Crippen LogP contribution is -2.48. The Morgan fingerprint density at radius 1 is 1.04 bits per heavy atom. The van der Waals surface area contributed by atoms with Crippen LogP contribution >= 0.6 is 0 Å². The predicted molar refractivity (Wildman–Crippen MR) is 103 cm³/mol. The lowest BCUT2D eigenvalue weighted by Gasteiger charge is -2.37. The van der Waals surface area contributed by atoms with Crippen LogP contribution in [0.3, 0.4) is 0 Å². The van der Waals surface area contributed by atoms with Crippen molar-refractivity contribution in [2.45, 2.75) is 44.7 Å². The molecule has 7 heteroatoms. The zero-order chi connectivity index (χ0) is 18.9. The van der Waals surface area contributed by atoms with Gasteiger partial charge in [0.1, 0.15) is 0 Å². The summed E-state index contributed by atoms with van der Waals surface area (Å²) in [5, 5.41) is 3.00. The Bertz CT molecular complexity index is 640. The molecule has 3 fully saturated rings. The Morgan fingerprint density at radius 2 is 1.63 bits per heavy atom. The standard InChI is InChI=1S/C20H29N3O4/c1-15-13-23(14-16(2)27-15)18-5-3-17(4-6-18)21-19(24)22-9-7-20(8-10-22)25-11-12-26-20/h3-6,15-16H,7-14H2,1-2H3,(H,21,24)/t15-,16-/m1/s1. The highest BCUT2D eigenvalue weighted by molar-refractivity contribution is 5.89. The Kier molecular flexibility index (Phi) is 5.25. The highest BCUT2D eigenvalue weighted by Gasteiger charge is 2.40. The SMILES string of the molecule is C[C@@H]1CN(c2ccc(NC(=O)N3CCC4(CC3)OCCO4)cc2)C[C@@H](C)O1. The molecule has 1 N–H and O–H groups in total. The number of amides is 2. The molecule has 0 saturated carbocycles. The van der Waals surface area contributed by atoms with Crippen LogP contribution in [-0.4, -0.2) is 68.3 Å². The first-order valence-electron chi connectivity index (χ1n) is 9.87. The molecule has 0 aromatic heterocycles. The van der Waals surface area contributed by atoms with Crippen LogP contribution in [-0.2, 0) is 14.2 Å². The molecule has 1 spiro atoms. The Labute approximate surface area is 160 Å². The number of morpholine rings is 1. The summed E-state index contributed by atoms with van der Waals surface area (Å²) in [4.78, 5) is 16.7. The quantitative estimate of drug-likeness (QED) is 0.861. The average molecular weight is 375 g/mol. The molecule has 1 aromatic rings. The third kappa shape index (κ3) is 4.20. The fourth-order valence-electron chi connectivity index (χ4n) is 4.18. The number of anilines is 2. The van der Waals surface area contributed by atoms with Gasteiger partial charge in [-0.1, -0.05) is 0 Å². The van der Waals surface area contributed by atoms with Crippen molar-refractivity contribution < 1.29 is 19.0 Å². The van der Waals surface area contributed by atoms with Crippen LogP contribution in [0.15, 0.2) is 24.3 Å². The highest BCUT2D eigenvalue weighted by Crippen LogP contribution is 2.31. The van der Waals surface area contributed by atoms with Gasteiger partial charge < -0.3 is 29.3 Å². The summed E-state index contributed by atoms with van der Waals surface area (Å²) in [5.41, 5.74) is 1.97. The van der Waals surface area contributed by atoms with E-state index in [1.54, 1.807) is 0 Å². The topological polar surface area (TPSA) is 63.3 Å². The number of carbonyl (C=O) groups is 1. The molecule has 2 atom stereocenters. The van der Waals surface area contributed by atoms with E-state index in [2.05, 4.69) is 36.2 Å². The predicted octanol–water partition coefficient (Wildman–Crippen LogP) is 2.67. The molecule has 0 radical (unpaired) electrons. The number of nitrogens with zero attached hydrogens (tertiary/aromatic N) is 2. The van der Waals surface area contributed by atoms with Gasteiger partial charge in [-0.25, -0.2) is 4.79 Å². The second-order valence-corrected chi connectivity index (χ2v) is 7.73. The summed E-state index contributed by atoms with van der Waals surface area (Å²) in [6.45, 7) is 8.56. The van der Waals surface area contributed by atoms with E-state index in [1.165, 1.54) is 0 Å². The van der Waals surface area contributed by atoms with Crippen LogP contribution in [0.5, 0.6) is 0 Å². The van der Waals surface area contributed by atoms with Crippen LogP contribution < -0.4 is 10.2 Å². The van der Waals surface area contributed by atoms with Crippen molar-refractivity contribution in [3.05, 3.63) is 24.3 Å². The highest BCUT2D eigenvalue weighted by atomic mass is 16.7. The molecule has 0 aliphatic carbocycles. The van der Waals surface area contributed by atoms with E-state index in [0.29, 0.717) is 26.3 Å². The second kappa shape index (κ2) is 7.66. The maximum atomic E-state index is 12.5. The molecule has 0 bridgehead atoms. The third-order valence-electron chi connectivity index (χ3n) is 5.53. The summed E-state index contributed by atoms with van der Waals surface area (Å²) in [6, 6.07) is 7.99. The van der Waals surface area contributed by atoms with Crippen LogP contribution in [0.25, 0.3) is 0 Å². The van der Waals surface area contributed by atoms with E-state index in [-0.39, 0.29) is 18.2 Å². The number of likely N-dealkylation sites (tertiary alicyclic amines) is 1. The van der Waals surface area contributed by atoms with Gasteiger partial charge in [-0.2, -0.15) is 0 Å². The number of urea groups is 1. The molecule has 3 aliphatic rings. The largest absolute Gasteiger partial charge is 0.372 e. The number of nitrogens with one attached hydrogen (secondary N) is 1. The van der Waals surface area contributed by atoms with E-state index in [1.807, 2.05) is 17.0 Å². The molecule has 0 unspecified atom stereocenters. The van der Waals surface area contributed by atoms with Gasteiger partial charge in [0.25, 0.3) is 0 Å². The van der Waals surface area contributed by atoms with E-state index in [4.69, 9.17) is 14.2 Å². The molecule has 148 valence electrons. The molecular formula is C20H29N3O4. The van der Waals surface area contributed by atoms with Gasteiger partial charge in [-0.3, -0.25) is 0 Å². The van der Waals surface area contributed by atoms with Crippen molar-refractivity contribution in [3.63, 3.8) is 0 Å². The van der Waals surface area contributed by atoms with Gasteiger partial charge in [0.2, 0.25) is 0 Å². The molecule has 4 rings (SSSR count). The number of rotatable bonds is 2. The normalized spacial score (nSPS) is 27.8. The summed E-state index contributed by atoms with van der Waals surface area (Å²) in [6.07, 6.45) is 1.91. The summed E-state index contributed by atoms with van der Waals surface area (Å²) < 4.78 is 17.2. The van der Waals surface area contributed by atoms with Crippen molar-refractivity contribution in [1.29, 1.82) is 0 Å². The van der Waals surface area contributed by atoms with Crippen molar-refractivity contribution >= 4 is 17.4 Å². The Hall–Kier alpha value is -1.83. The minimum Gasteiger partial charge on any atom is -0.372 e. The molecule has 3 aliphatic heterocycles. The number of hydrogen-bond acceptors (Lipinski definition) is 5. The average Bonchev–Trinajstić information content (AvgIpc) is 3.10. The first kappa shape index (κ1) is 18.5. The van der Waals surface area contributed by atoms with Crippen molar-refractivity contribution in [3.8, 4) is 0 Å². The maximum Gasteiger partial charge on any atom is 0.321 e. The first-order valence-corrected chi connectivity index (χ1v) is 9.87. The van der Waals surface area contributed by atoms with E-state index in [0.717, 1.165) is 37.3 Å². The van der Waals surface area contributed by atoms with Gasteiger partial charge in [0.05, 0.1) is 25.4 Å². The molecule has 1 aromatic carbocycles. The molecule has 3 heterocycles. The number of carbonyl (C=O) groups excluding carboxylic acids is 1. The van der Waals surface area contributed by atoms with Gasteiger partial charge in [-0.05, 0) is 38.1 Å². The first-order chi connectivity index (χ1) is 13.0. The van der Waals surface area contributed by atoms with Crippen molar-refractivity contribution in [2.75, 3.05) is 49.6 Å².